The quantitative estimate of drug-likeness (QED) is 0.754. The number of carbonyl (C=O) groups excluding carboxylic acids is 1. The van der Waals surface area contributed by atoms with Crippen LogP contribution in [0.1, 0.15) is 30.6 Å². The fourth-order valence-corrected chi connectivity index (χ4v) is 2.94. The number of ether oxygens (including phenoxy) is 1. The second-order valence-corrected chi connectivity index (χ2v) is 5.41. The normalized spacial score (nSPS) is 24.6. The van der Waals surface area contributed by atoms with Gasteiger partial charge in [0.2, 0.25) is 0 Å². The van der Waals surface area contributed by atoms with Crippen LogP contribution < -0.4 is 0 Å². The van der Waals surface area contributed by atoms with Gasteiger partial charge in [-0.05, 0) is 32.4 Å². The van der Waals surface area contributed by atoms with E-state index in [-0.39, 0.29) is 5.78 Å². The Hall–Kier alpha value is -0.800. The summed E-state index contributed by atoms with van der Waals surface area (Å²) in [6.07, 6.45) is 1.44. The SMILES string of the molecule is CC(=O)c1ccc(SC2CCOC2C)cc1. The lowest BCUT2D eigenvalue weighted by molar-refractivity contribution is 0.101. The smallest absolute Gasteiger partial charge is 0.159 e. The Morgan fingerprint density at radius 1 is 1.38 bits per heavy atom. The van der Waals surface area contributed by atoms with Gasteiger partial charge < -0.3 is 4.74 Å². The van der Waals surface area contributed by atoms with Crippen molar-refractivity contribution in [1.82, 2.24) is 0 Å². The van der Waals surface area contributed by atoms with Gasteiger partial charge in [0.25, 0.3) is 0 Å². The maximum absolute atomic E-state index is 11.1. The molecule has 2 atom stereocenters. The molecular formula is C13H16O2S. The Kier molecular flexibility index (Phi) is 3.66. The van der Waals surface area contributed by atoms with E-state index in [1.54, 1.807) is 6.92 Å². The molecule has 16 heavy (non-hydrogen) atoms. The first kappa shape index (κ1) is 11.7. The Morgan fingerprint density at radius 2 is 2.06 bits per heavy atom. The van der Waals surface area contributed by atoms with Crippen LogP contribution in [-0.2, 0) is 4.74 Å². The highest BCUT2D eigenvalue weighted by Crippen LogP contribution is 2.32. The lowest BCUT2D eigenvalue weighted by Gasteiger charge is -2.13. The summed E-state index contributed by atoms with van der Waals surface area (Å²) < 4.78 is 5.52. The van der Waals surface area contributed by atoms with E-state index in [1.165, 1.54) is 4.90 Å². The van der Waals surface area contributed by atoms with Crippen molar-refractivity contribution < 1.29 is 9.53 Å². The number of ketones is 1. The van der Waals surface area contributed by atoms with Gasteiger partial charge in [-0.25, -0.2) is 0 Å². The van der Waals surface area contributed by atoms with Crippen LogP contribution in [-0.4, -0.2) is 23.7 Å². The number of thioether (sulfide) groups is 1. The summed E-state index contributed by atoms with van der Waals surface area (Å²) in [5.74, 6) is 0.120. The van der Waals surface area contributed by atoms with Crippen LogP contribution in [0.15, 0.2) is 29.2 Å². The topological polar surface area (TPSA) is 26.3 Å². The summed E-state index contributed by atoms with van der Waals surface area (Å²) in [7, 11) is 0. The molecule has 0 N–H and O–H groups in total. The zero-order chi connectivity index (χ0) is 11.5. The van der Waals surface area contributed by atoms with E-state index >= 15 is 0 Å². The first-order chi connectivity index (χ1) is 7.66. The van der Waals surface area contributed by atoms with Crippen molar-refractivity contribution >= 4 is 17.5 Å². The monoisotopic (exact) mass is 236 g/mol. The molecule has 2 nitrogen and oxygen atoms in total. The van der Waals surface area contributed by atoms with Crippen LogP contribution in [0.4, 0.5) is 0 Å². The summed E-state index contributed by atoms with van der Waals surface area (Å²) >= 11 is 1.84. The molecule has 0 radical (unpaired) electrons. The van der Waals surface area contributed by atoms with E-state index in [2.05, 4.69) is 6.92 Å². The Balaban J connectivity index is 2.02. The molecule has 1 heterocycles. The van der Waals surface area contributed by atoms with Gasteiger partial charge in [0.1, 0.15) is 0 Å². The van der Waals surface area contributed by atoms with Crippen LogP contribution in [0.5, 0.6) is 0 Å². The molecule has 1 saturated heterocycles. The van der Waals surface area contributed by atoms with E-state index in [4.69, 9.17) is 4.74 Å². The van der Waals surface area contributed by atoms with Crippen molar-refractivity contribution in [2.24, 2.45) is 0 Å². The minimum atomic E-state index is 0.120. The maximum atomic E-state index is 11.1. The first-order valence-electron chi connectivity index (χ1n) is 5.56. The molecule has 0 amide bonds. The lowest BCUT2D eigenvalue weighted by Crippen LogP contribution is -2.12. The second kappa shape index (κ2) is 5.02. The van der Waals surface area contributed by atoms with Gasteiger partial charge >= 0.3 is 0 Å². The maximum Gasteiger partial charge on any atom is 0.159 e. The number of hydrogen-bond donors (Lipinski definition) is 0. The van der Waals surface area contributed by atoms with Gasteiger partial charge in [0, 0.05) is 22.3 Å². The first-order valence-corrected chi connectivity index (χ1v) is 6.44. The standard InChI is InChI=1S/C13H16O2S/c1-9(14)11-3-5-12(6-4-11)16-13-7-8-15-10(13)2/h3-6,10,13H,7-8H2,1-2H3. The fraction of sp³-hybridized carbons (Fsp3) is 0.462. The van der Waals surface area contributed by atoms with Crippen LogP contribution in [0.2, 0.25) is 0 Å². The van der Waals surface area contributed by atoms with Gasteiger partial charge in [-0.3, -0.25) is 4.79 Å². The molecule has 86 valence electrons. The molecule has 1 aromatic rings. The number of carbonyl (C=O) groups is 1. The van der Waals surface area contributed by atoms with Crippen LogP contribution >= 0.6 is 11.8 Å². The number of hydrogen-bond acceptors (Lipinski definition) is 3. The van der Waals surface area contributed by atoms with E-state index in [0.29, 0.717) is 11.4 Å². The molecule has 3 heteroatoms. The Labute approximate surface area is 100 Å². The molecule has 0 bridgehead atoms. The molecule has 1 aromatic carbocycles. The molecule has 0 aromatic heterocycles. The summed E-state index contributed by atoms with van der Waals surface area (Å²) in [6, 6.07) is 7.83. The predicted octanol–water partition coefficient (Wildman–Crippen LogP) is 3.16. The average Bonchev–Trinajstić information content (AvgIpc) is 2.65. The van der Waals surface area contributed by atoms with Gasteiger partial charge in [-0.2, -0.15) is 0 Å². The zero-order valence-corrected chi connectivity index (χ0v) is 10.4. The molecule has 2 rings (SSSR count). The predicted molar refractivity (Wildman–Crippen MR) is 66.1 cm³/mol. The van der Waals surface area contributed by atoms with E-state index in [9.17, 15) is 4.79 Å². The molecule has 1 fully saturated rings. The number of rotatable bonds is 3. The summed E-state index contributed by atoms with van der Waals surface area (Å²) in [6.45, 7) is 4.58. The zero-order valence-electron chi connectivity index (χ0n) is 9.60. The third-order valence-corrected chi connectivity index (χ3v) is 4.32. The lowest BCUT2D eigenvalue weighted by atomic mass is 10.2. The molecular weight excluding hydrogens is 220 g/mol. The highest BCUT2D eigenvalue weighted by molar-refractivity contribution is 8.00. The van der Waals surface area contributed by atoms with Crippen LogP contribution in [0.3, 0.4) is 0 Å². The van der Waals surface area contributed by atoms with Crippen molar-refractivity contribution in [2.45, 2.75) is 36.5 Å². The van der Waals surface area contributed by atoms with Crippen molar-refractivity contribution in [3.63, 3.8) is 0 Å². The number of Topliss-reactive ketones (excluding diaryl/α,β-unsaturated/α-hetero) is 1. The van der Waals surface area contributed by atoms with Gasteiger partial charge in [-0.15, -0.1) is 11.8 Å². The largest absolute Gasteiger partial charge is 0.377 e. The number of benzene rings is 1. The highest BCUT2D eigenvalue weighted by atomic mass is 32.2. The van der Waals surface area contributed by atoms with Crippen molar-refractivity contribution in [3.8, 4) is 0 Å². The summed E-state index contributed by atoms with van der Waals surface area (Å²) in [5, 5.41) is 0.545. The molecule has 1 aliphatic heterocycles. The third kappa shape index (κ3) is 2.66. The van der Waals surface area contributed by atoms with Gasteiger partial charge in [0.15, 0.2) is 5.78 Å². The molecule has 2 unspecified atom stereocenters. The Morgan fingerprint density at radius 3 is 2.56 bits per heavy atom. The average molecular weight is 236 g/mol. The third-order valence-electron chi connectivity index (χ3n) is 2.85. The molecule has 0 saturated carbocycles. The van der Waals surface area contributed by atoms with Gasteiger partial charge in [-0.1, -0.05) is 12.1 Å². The summed E-state index contributed by atoms with van der Waals surface area (Å²) in [5.41, 5.74) is 0.778. The van der Waals surface area contributed by atoms with E-state index in [0.717, 1.165) is 18.6 Å². The van der Waals surface area contributed by atoms with Crippen molar-refractivity contribution in [1.29, 1.82) is 0 Å². The van der Waals surface area contributed by atoms with E-state index in [1.807, 2.05) is 36.0 Å². The van der Waals surface area contributed by atoms with Crippen molar-refractivity contribution in [3.05, 3.63) is 29.8 Å². The Bertz CT molecular complexity index is 372. The molecule has 1 aliphatic rings. The van der Waals surface area contributed by atoms with Gasteiger partial charge in [0.05, 0.1) is 6.10 Å². The highest BCUT2D eigenvalue weighted by Gasteiger charge is 2.24. The van der Waals surface area contributed by atoms with Crippen LogP contribution in [0.25, 0.3) is 0 Å². The van der Waals surface area contributed by atoms with Crippen LogP contribution in [0, 0.1) is 0 Å². The van der Waals surface area contributed by atoms with Crippen molar-refractivity contribution in [2.75, 3.05) is 6.61 Å². The minimum Gasteiger partial charge on any atom is -0.377 e. The fourth-order valence-electron chi connectivity index (χ4n) is 1.81. The minimum absolute atomic E-state index is 0.120. The molecule has 0 spiro atoms. The van der Waals surface area contributed by atoms with E-state index < -0.39 is 0 Å². The summed E-state index contributed by atoms with van der Waals surface area (Å²) in [4.78, 5) is 12.3. The second-order valence-electron chi connectivity index (χ2n) is 4.10. The molecule has 0 aliphatic carbocycles.